The molecule has 0 aromatic rings. The van der Waals surface area contributed by atoms with Crippen LogP contribution in [0.1, 0.15) is 52.4 Å². The van der Waals surface area contributed by atoms with Crippen LogP contribution in [0, 0.1) is 17.8 Å². The molecule has 0 saturated heterocycles. The first-order valence-electron chi connectivity index (χ1n) is 7.71. The fourth-order valence-electron chi connectivity index (χ4n) is 5.08. The van der Waals surface area contributed by atoms with Gasteiger partial charge in [-0.05, 0) is 82.3 Å². The Hall–Kier alpha value is -0.310. The quantitative estimate of drug-likeness (QED) is 0.790. The van der Waals surface area contributed by atoms with Crippen LogP contribution in [0.5, 0.6) is 0 Å². The topological polar surface area (TPSA) is 15.3 Å². The molecule has 4 aliphatic rings. The summed E-state index contributed by atoms with van der Waals surface area (Å²) in [5.74, 6) is 2.97. The molecule has 0 spiro atoms. The van der Waals surface area contributed by atoms with Gasteiger partial charge in [-0.15, -0.1) is 0 Å². The molecule has 102 valence electrons. The molecule has 2 nitrogen and oxygen atoms in total. The monoisotopic (exact) mass is 266 g/mol. The van der Waals surface area contributed by atoms with Gasteiger partial charge in [-0.25, -0.2) is 0 Å². The van der Waals surface area contributed by atoms with Gasteiger partial charge in [0.05, 0.1) is 0 Å². The maximum Gasteiger partial charge on any atom is 0.169 e. The van der Waals surface area contributed by atoms with Crippen molar-refractivity contribution in [1.29, 1.82) is 0 Å². The molecular weight excluding hydrogens is 240 g/mol. The predicted octanol–water partition coefficient (Wildman–Crippen LogP) is 3.17. The van der Waals surface area contributed by atoms with Crippen LogP contribution in [0.3, 0.4) is 0 Å². The van der Waals surface area contributed by atoms with Crippen molar-refractivity contribution < 1.29 is 0 Å². The van der Waals surface area contributed by atoms with Crippen molar-refractivity contribution in [3.05, 3.63) is 0 Å². The molecular formula is C15H26N2S. The Morgan fingerprint density at radius 2 is 1.50 bits per heavy atom. The number of hydrogen-bond acceptors (Lipinski definition) is 1. The number of thiocarbonyl (C=S) groups is 1. The van der Waals surface area contributed by atoms with Crippen LogP contribution < -0.4 is 5.32 Å². The Kier molecular flexibility index (Phi) is 3.29. The number of rotatable bonds is 3. The Balaban J connectivity index is 1.70. The molecule has 4 aliphatic carbocycles. The molecule has 0 heterocycles. The molecule has 0 unspecified atom stereocenters. The molecule has 0 aromatic heterocycles. The molecule has 4 rings (SSSR count). The first kappa shape index (κ1) is 12.7. The molecule has 0 atom stereocenters. The van der Waals surface area contributed by atoms with Gasteiger partial charge in [0.15, 0.2) is 5.11 Å². The molecule has 4 fully saturated rings. The van der Waals surface area contributed by atoms with Crippen molar-refractivity contribution in [2.24, 2.45) is 17.8 Å². The van der Waals surface area contributed by atoms with Gasteiger partial charge in [0, 0.05) is 18.6 Å². The highest BCUT2D eigenvalue weighted by Crippen LogP contribution is 2.55. The SMILES string of the molecule is CCN(CC)C(=S)NC12CC3CC(CC(C3)C1)C2. The summed E-state index contributed by atoms with van der Waals surface area (Å²) in [5.41, 5.74) is 0.369. The van der Waals surface area contributed by atoms with E-state index in [1.54, 1.807) is 0 Å². The summed E-state index contributed by atoms with van der Waals surface area (Å²) in [6.45, 7) is 6.43. The van der Waals surface area contributed by atoms with Crippen LogP contribution >= 0.6 is 12.2 Å². The molecule has 0 aliphatic heterocycles. The standard InChI is InChI=1S/C15H26N2S/c1-3-17(4-2)14(18)16-15-8-11-5-12(9-15)7-13(6-11)10-15/h11-13H,3-10H2,1-2H3,(H,16,18). The zero-order valence-electron chi connectivity index (χ0n) is 11.7. The lowest BCUT2D eigenvalue weighted by molar-refractivity contribution is -0.0111. The molecule has 4 saturated carbocycles. The van der Waals surface area contributed by atoms with Gasteiger partial charge in [0.25, 0.3) is 0 Å². The molecule has 0 amide bonds. The minimum atomic E-state index is 0.369. The van der Waals surface area contributed by atoms with Crippen molar-refractivity contribution in [2.75, 3.05) is 13.1 Å². The molecule has 4 bridgehead atoms. The average molecular weight is 266 g/mol. The third kappa shape index (κ3) is 2.15. The van der Waals surface area contributed by atoms with Crippen molar-refractivity contribution in [1.82, 2.24) is 10.2 Å². The summed E-state index contributed by atoms with van der Waals surface area (Å²) in [6, 6.07) is 0. The number of hydrogen-bond donors (Lipinski definition) is 1. The van der Waals surface area contributed by atoms with Crippen LogP contribution in [0.25, 0.3) is 0 Å². The van der Waals surface area contributed by atoms with Crippen LogP contribution in [-0.4, -0.2) is 28.6 Å². The van der Waals surface area contributed by atoms with Gasteiger partial charge in [0.1, 0.15) is 0 Å². The highest BCUT2D eigenvalue weighted by atomic mass is 32.1. The molecule has 1 N–H and O–H groups in total. The van der Waals surface area contributed by atoms with Crippen LogP contribution in [-0.2, 0) is 0 Å². The van der Waals surface area contributed by atoms with Crippen molar-refractivity contribution in [3.63, 3.8) is 0 Å². The third-order valence-electron chi connectivity index (χ3n) is 5.46. The zero-order valence-corrected chi connectivity index (χ0v) is 12.6. The van der Waals surface area contributed by atoms with Crippen molar-refractivity contribution in [2.45, 2.75) is 57.9 Å². The zero-order chi connectivity index (χ0) is 12.8. The summed E-state index contributed by atoms with van der Waals surface area (Å²) in [7, 11) is 0. The van der Waals surface area contributed by atoms with E-state index in [0.717, 1.165) is 36.0 Å². The fourth-order valence-corrected chi connectivity index (χ4v) is 5.56. The Morgan fingerprint density at radius 3 is 1.89 bits per heavy atom. The lowest BCUT2D eigenvalue weighted by Crippen LogP contribution is -2.61. The summed E-state index contributed by atoms with van der Waals surface area (Å²) in [4.78, 5) is 2.29. The van der Waals surface area contributed by atoms with E-state index >= 15 is 0 Å². The first-order chi connectivity index (χ1) is 8.64. The minimum absolute atomic E-state index is 0.369. The van der Waals surface area contributed by atoms with E-state index in [0.29, 0.717) is 5.54 Å². The lowest BCUT2D eigenvalue weighted by atomic mass is 9.53. The molecule has 3 heteroatoms. The highest BCUT2D eigenvalue weighted by Gasteiger charge is 2.51. The summed E-state index contributed by atoms with van der Waals surface area (Å²) in [5, 5.41) is 4.79. The first-order valence-corrected chi connectivity index (χ1v) is 8.12. The average Bonchev–Trinajstić information content (AvgIpc) is 2.27. The van der Waals surface area contributed by atoms with E-state index in [1.165, 1.54) is 38.5 Å². The Labute approximate surface area is 116 Å². The maximum atomic E-state index is 5.62. The van der Waals surface area contributed by atoms with Crippen molar-refractivity contribution in [3.8, 4) is 0 Å². The minimum Gasteiger partial charge on any atom is -0.357 e. The van der Waals surface area contributed by atoms with Crippen LogP contribution in [0.2, 0.25) is 0 Å². The number of nitrogens with zero attached hydrogens (tertiary/aromatic N) is 1. The molecule has 0 aromatic carbocycles. The highest BCUT2D eigenvalue weighted by molar-refractivity contribution is 7.80. The van der Waals surface area contributed by atoms with E-state index in [1.807, 2.05) is 0 Å². The van der Waals surface area contributed by atoms with Gasteiger partial charge in [-0.1, -0.05) is 0 Å². The van der Waals surface area contributed by atoms with Gasteiger partial charge in [-0.2, -0.15) is 0 Å². The smallest absolute Gasteiger partial charge is 0.169 e. The largest absolute Gasteiger partial charge is 0.357 e. The second-order valence-corrected chi connectivity index (χ2v) is 7.19. The van der Waals surface area contributed by atoms with Crippen molar-refractivity contribution >= 4 is 17.3 Å². The third-order valence-corrected chi connectivity index (χ3v) is 5.82. The van der Waals surface area contributed by atoms with Crippen LogP contribution in [0.15, 0.2) is 0 Å². The summed E-state index contributed by atoms with van der Waals surface area (Å²) in [6.07, 6.45) is 8.62. The van der Waals surface area contributed by atoms with E-state index in [-0.39, 0.29) is 0 Å². The van der Waals surface area contributed by atoms with Gasteiger partial charge < -0.3 is 10.2 Å². The van der Waals surface area contributed by atoms with Gasteiger partial charge in [0.2, 0.25) is 0 Å². The second kappa shape index (κ2) is 4.66. The summed E-state index contributed by atoms with van der Waals surface area (Å²) < 4.78 is 0. The Morgan fingerprint density at radius 1 is 1.06 bits per heavy atom. The fraction of sp³-hybridized carbons (Fsp3) is 0.933. The molecule has 18 heavy (non-hydrogen) atoms. The van der Waals surface area contributed by atoms with E-state index in [2.05, 4.69) is 24.1 Å². The maximum absolute atomic E-state index is 5.62. The predicted molar refractivity (Wildman–Crippen MR) is 79.6 cm³/mol. The lowest BCUT2D eigenvalue weighted by Gasteiger charge is -2.57. The van der Waals surface area contributed by atoms with Gasteiger partial charge >= 0.3 is 0 Å². The van der Waals surface area contributed by atoms with E-state index < -0.39 is 0 Å². The summed E-state index contributed by atoms with van der Waals surface area (Å²) >= 11 is 5.62. The van der Waals surface area contributed by atoms with E-state index in [4.69, 9.17) is 12.2 Å². The van der Waals surface area contributed by atoms with Gasteiger partial charge in [-0.3, -0.25) is 0 Å². The van der Waals surface area contributed by atoms with Crippen LogP contribution in [0.4, 0.5) is 0 Å². The van der Waals surface area contributed by atoms with E-state index in [9.17, 15) is 0 Å². The second-order valence-electron chi connectivity index (χ2n) is 6.80. The molecule has 0 radical (unpaired) electrons. The number of nitrogens with one attached hydrogen (secondary N) is 1. The Bertz CT molecular complexity index is 300. The normalized spacial score (nSPS) is 40.9.